The molecule has 0 unspecified atom stereocenters. The number of carbonyl (C=O) groups is 1. The van der Waals surface area contributed by atoms with E-state index < -0.39 is 0 Å². The van der Waals surface area contributed by atoms with Crippen molar-refractivity contribution < 1.29 is 9.53 Å². The molecule has 0 aliphatic rings. The van der Waals surface area contributed by atoms with Crippen molar-refractivity contribution in [3.8, 4) is 5.75 Å². The number of hydrogen-bond donors (Lipinski definition) is 1. The third kappa shape index (κ3) is 5.88. The number of rotatable bonds is 7. The minimum Gasteiger partial charge on any atom is -0.484 e. The van der Waals surface area contributed by atoms with Crippen molar-refractivity contribution in [3.05, 3.63) is 63.1 Å². The van der Waals surface area contributed by atoms with Crippen LogP contribution in [0.5, 0.6) is 5.75 Å². The molecule has 1 amide bonds. The monoisotopic (exact) mass is 395 g/mol. The maximum Gasteiger partial charge on any atom is 0.257 e. The first-order chi connectivity index (χ1) is 11.1. The average Bonchev–Trinajstić information content (AvgIpc) is 2.54. The molecule has 2 aromatic rings. The van der Waals surface area contributed by atoms with Crippen LogP contribution in [-0.4, -0.2) is 19.1 Å². The first-order valence-electron chi connectivity index (χ1n) is 7.45. The molecule has 0 aliphatic carbocycles. The van der Waals surface area contributed by atoms with Gasteiger partial charge in [0.2, 0.25) is 0 Å². The van der Waals surface area contributed by atoms with E-state index in [1.54, 1.807) is 0 Å². The minimum atomic E-state index is -0.121. The molecule has 1 N–H and O–H groups in total. The summed E-state index contributed by atoms with van der Waals surface area (Å²) in [6.07, 6.45) is 1.68. The van der Waals surface area contributed by atoms with E-state index >= 15 is 0 Å². The quantitative estimate of drug-likeness (QED) is 0.698. The van der Waals surface area contributed by atoms with Crippen LogP contribution in [0.15, 0.2) is 46.9 Å². The van der Waals surface area contributed by atoms with Gasteiger partial charge in [-0.05, 0) is 55.2 Å². The average molecular weight is 397 g/mol. The lowest BCUT2D eigenvalue weighted by molar-refractivity contribution is -0.123. The maximum atomic E-state index is 11.8. The van der Waals surface area contributed by atoms with Crippen LogP contribution in [0.25, 0.3) is 0 Å². The number of halogens is 2. The zero-order valence-corrected chi connectivity index (χ0v) is 15.3. The van der Waals surface area contributed by atoms with E-state index in [-0.39, 0.29) is 12.5 Å². The molecule has 122 valence electrons. The summed E-state index contributed by atoms with van der Waals surface area (Å²) in [6.45, 7) is 2.60. The second-order valence-corrected chi connectivity index (χ2v) is 6.51. The van der Waals surface area contributed by atoms with Crippen LogP contribution < -0.4 is 10.1 Å². The first kappa shape index (κ1) is 17.8. The summed E-state index contributed by atoms with van der Waals surface area (Å²) in [5.74, 6) is 0.571. The zero-order valence-electron chi connectivity index (χ0n) is 12.9. The van der Waals surface area contributed by atoms with Gasteiger partial charge in [-0.1, -0.05) is 45.7 Å². The molecular formula is C18H19BrClNO2. The number of hydrogen-bond acceptors (Lipinski definition) is 2. The van der Waals surface area contributed by atoms with Crippen LogP contribution in [-0.2, 0) is 11.2 Å². The molecule has 0 radical (unpaired) electrons. The SMILES string of the molecule is Cc1cc(OCC(=O)NCCCc2ccccc2Cl)ccc1Br. The van der Waals surface area contributed by atoms with Gasteiger partial charge in [0.05, 0.1) is 0 Å². The molecular weight excluding hydrogens is 378 g/mol. The Balaban J connectivity index is 1.67. The van der Waals surface area contributed by atoms with Crippen molar-refractivity contribution in [1.82, 2.24) is 5.32 Å². The van der Waals surface area contributed by atoms with Gasteiger partial charge in [-0.3, -0.25) is 4.79 Å². The topological polar surface area (TPSA) is 38.3 Å². The number of benzene rings is 2. The van der Waals surface area contributed by atoms with E-state index in [1.807, 2.05) is 49.4 Å². The van der Waals surface area contributed by atoms with Gasteiger partial charge in [0, 0.05) is 16.0 Å². The molecule has 23 heavy (non-hydrogen) atoms. The van der Waals surface area contributed by atoms with E-state index in [0.717, 1.165) is 33.5 Å². The fraction of sp³-hybridized carbons (Fsp3) is 0.278. The number of nitrogens with one attached hydrogen (secondary N) is 1. The highest BCUT2D eigenvalue weighted by molar-refractivity contribution is 9.10. The molecule has 2 rings (SSSR count). The predicted molar refractivity (Wildman–Crippen MR) is 97.2 cm³/mol. The highest BCUT2D eigenvalue weighted by atomic mass is 79.9. The van der Waals surface area contributed by atoms with Crippen molar-refractivity contribution in [2.75, 3.05) is 13.2 Å². The zero-order chi connectivity index (χ0) is 16.7. The third-order valence-electron chi connectivity index (χ3n) is 3.40. The standard InChI is InChI=1S/C18H19BrClNO2/c1-13-11-15(8-9-16(13)19)23-12-18(22)21-10-4-6-14-5-2-3-7-17(14)20/h2-3,5,7-9,11H,4,6,10,12H2,1H3,(H,21,22). The van der Waals surface area contributed by atoms with E-state index in [1.165, 1.54) is 0 Å². The Morgan fingerprint density at radius 2 is 2.04 bits per heavy atom. The van der Waals surface area contributed by atoms with Crippen molar-refractivity contribution in [3.63, 3.8) is 0 Å². The van der Waals surface area contributed by atoms with Crippen molar-refractivity contribution in [1.29, 1.82) is 0 Å². The van der Waals surface area contributed by atoms with E-state index in [9.17, 15) is 4.79 Å². The largest absolute Gasteiger partial charge is 0.484 e. The smallest absolute Gasteiger partial charge is 0.257 e. The van der Waals surface area contributed by atoms with Crippen molar-refractivity contribution in [2.45, 2.75) is 19.8 Å². The fourth-order valence-electron chi connectivity index (χ4n) is 2.11. The van der Waals surface area contributed by atoms with Gasteiger partial charge in [0.15, 0.2) is 6.61 Å². The molecule has 0 saturated heterocycles. The van der Waals surface area contributed by atoms with Gasteiger partial charge in [-0.15, -0.1) is 0 Å². The maximum absolute atomic E-state index is 11.8. The van der Waals surface area contributed by atoms with Gasteiger partial charge in [-0.2, -0.15) is 0 Å². The van der Waals surface area contributed by atoms with Crippen molar-refractivity contribution in [2.24, 2.45) is 0 Å². The van der Waals surface area contributed by atoms with Crippen LogP contribution in [0.4, 0.5) is 0 Å². The van der Waals surface area contributed by atoms with E-state index in [0.29, 0.717) is 12.3 Å². The number of aryl methyl sites for hydroxylation is 2. The van der Waals surface area contributed by atoms with Gasteiger partial charge in [-0.25, -0.2) is 0 Å². The Hall–Kier alpha value is -1.52. The van der Waals surface area contributed by atoms with Crippen LogP contribution in [0, 0.1) is 6.92 Å². The highest BCUT2D eigenvalue weighted by Gasteiger charge is 2.04. The summed E-state index contributed by atoms with van der Waals surface area (Å²) in [5, 5.41) is 3.62. The lowest BCUT2D eigenvalue weighted by Gasteiger charge is -2.09. The lowest BCUT2D eigenvalue weighted by atomic mass is 10.1. The molecule has 0 spiro atoms. The van der Waals surface area contributed by atoms with Crippen LogP contribution >= 0.6 is 27.5 Å². The van der Waals surface area contributed by atoms with Crippen molar-refractivity contribution >= 4 is 33.4 Å². The number of amides is 1. The summed E-state index contributed by atoms with van der Waals surface area (Å²) in [6, 6.07) is 13.4. The lowest BCUT2D eigenvalue weighted by Crippen LogP contribution is -2.29. The number of ether oxygens (including phenoxy) is 1. The minimum absolute atomic E-state index is 0.0210. The van der Waals surface area contributed by atoms with Gasteiger partial charge in [0.25, 0.3) is 5.91 Å². The van der Waals surface area contributed by atoms with E-state index in [2.05, 4.69) is 21.2 Å². The van der Waals surface area contributed by atoms with Gasteiger partial charge >= 0.3 is 0 Å². The molecule has 0 fully saturated rings. The Labute approximate surface area is 150 Å². The Morgan fingerprint density at radius 1 is 1.26 bits per heavy atom. The number of carbonyl (C=O) groups excluding carboxylic acids is 1. The highest BCUT2D eigenvalue weighted by Crippen LogP contribution is 2.21. The second kappa shape index (κ2) is 8.94. The van der Waals surface area contributed by atoms with Crippen LogP contribution in [0.2, 0.25) is 5.02 Å². The normalized spacial score (nSPS) is 10.4. The molecule has 0 aromatic heterocycles. The van der Waals surface area contributed by atoms with E-state index in [4.69, 9.17) is 16.3 Å². The second-order valence-electron chi connectivity index (χ2n) is 5.24. The summed E-state index contributed by atoms with van der Waals surface area (Å²) >= 11 is 9.53. The predicted octanol–water partition coefficient (Wildman–Crippen LogP) is 4.54. The summed E-state index contributed by atoms with van der Waals surface area (Å²) < 4.78 is 6.51. The molecule has 5 heteroatoms. The first-order valence-corrected chi connectivity index (χ1v) is 8.62. The molecule has 0 heterocycles. The Morgan fingerprint density at radius 3 is 2.78 bits per heavy atom. The van der Waals surface area contributed by atoms with Crippen LogP contribution in [0.3, 0.4) is 0 Å². The molecule has 0 aliphatic heterocycles. The molecule has 0 saturated carbocycles. The molecule has 0 atom stereocenters. The Bertz CT molecular complexity index is 676. The summed E-state index contributed by atoms with van der Waals surface area (Å²) in [4.78, 5) is 11.8. The molecule has 0 bridgehead atoms. The fourth-order valence-corrected chi connectivity index (χ4v) is 2.59. The third-order valence-corrected chi connectivity index (χ3v) is 4.66. The molecule has 2 aromatic carbocycles. The van der Waals surface area contributed by atoms with Gasteiger partial charge in [0.1, 0.15) is 5.75 Å². The summed E-state index contributed by atoms with van der Waals surface area (Å²) in [7, 11) is 0. The van der Waals surface area contributed by atoms with Crippen LogP contribution in [0.1, 0.15) is 17.5 Å². The Kier molecular flexibility index (Phi) is 6.93. The van der Waals surface area contributed by atoms with Gasteiger partial charge < -0.3 is 10.1 Å². The summed E-state index contributed by atoms with van der Waals surface area (Å²) in [5.41, 5.74) is 2.17. The molecule has 3 nitrogen and oxygen atoms in total.